The number of aromatic nitrogens is 4. The summed E-state index contributed by atoms with van der Waals surface area (Å²) in [4.78, 5) is 9.24. The third kappa shape index (κ3) is 4.60. The first-order valence-electron chi connectivity index (χ1n) is 9.28. The molecular formula is C19H28N6O3S. The van der Waals surface area contributed by atoms with Gasteiger partial charge in [-0.3, -0.25) is 4.98 Å². The van der Waals surface area contributed by atoms with E-state index in [-0.39, 0.29) is 13.6 Å². The molecule has 0 fully saturated rings. The molecule has 3 aromatic rings. The van der Waals surface area contributed by atoms with Crippen molar-refractivity contribution in [2.75, 3.05) is 18.4 Å². The van der Waals surface area contributed by atoms with Gasteiger partial charge in [0.05, 0.1) is 27.7 Å². The van der Waals surface area contributed by atoms with E-state index in [1.165, 1.54) is 0 Å². The van der Waals surface area contributed by atoms with Crippen molar-refractivity contribution in [1.82, 2.24) is 20.2 Å². The summed E-state index contributed by atoms with van der Waals surface area (Å²) in [5, 5.41) is 10.5. The molecule has 0 amide bonds. The van der Waals surface area contributed by atoms with Crippen molar-refractivity contribution in [3.05, 3.63) is 36.2 Å². The molecule has 0 aliphatic rings. The zero-order chi connectivity index (χ0) is 21.0. The maximum Gasteiger partial charge on any atom is 0.315 e. The number of benzene rings is 1. The summed E-state index contributed by atoms with van der Waals surface area (Å²) in [5.41, 5.74) is 7.90. The van der Waals surface area contributed by atoms with Crippen LogP contribution in [0, 0.1) is 6.92 Å². The summed E-state index contributed by atoms with van der Waals surface area (Å²) in [6.45, 7) is 6.32. The highest BCUT2D eigenvalue weighted by Gasteiger charge is 2.19. The molecule has 0 spiro atoms. The van der Waals surface area contributed by atoms with E-state index < -0.39 is 15.1 Å². The molecular weight excluding hydrogens is 392 g/mol. The Morgan fingerprint density at radius 3 is 2.59 bits per heavy atom. The van der Waals surface area contributed by atoms with E-state index in [1.54, 1.807) is 51.2 Å². The molecule has 2 heterocycles. The molecule has 29 heavy (non-hydrogen) atoms. The quantitative estimate of drug-likeness (QED) is 0.527. The number of rotatable bonds is 8. The van der Waals surface area contributed by atoms with Gasteiger partial charge in [-0.2, -0.15) is 0 Å². The highest BCUT2D eigenvalue weighted by atomic mass is 32.2. The summed E-state index contributed by atoms with van der Waals surface area (Å²) >= 11 is 0. The molecule has 1 aromatic carbocycles. The molecule has 0 bridgehead atoms. The van der Waals surface area contributed by atoms with E-state index in [0.29, 0.717) is 36.2 Å². The first kappa shape index (κ1) is 20.9. The zero-order valence-corrected chi connectivity index (χ0v) is 17.4. The lowest BCUT2D eigenvalue weighted by atomic mass is 10.1. The van der Waals surface area contributed by atoms with Crippen molar-refractivity contribution in [1.29, 1.82) is 0 Å². The number of hydrogen-bond acceptors (Lipinski definition) is 9. The normalized spacial score (nSPS) is 11.8. The van der Waals surface area contributed by atoms with E-state index in [9.17, 15) is 8.42 Å². The summed E-state index contributed by atoms with van der Waals surface area (Å²) in [6, 6.07) is 6.89. The Morgan fingerprint density at radius 2 is 1.93 bits per heavy atom. The van der Waals surface area contributed by atoms with Crippen LogP contribution < -0.4 is 11.1 Å². The number of nitrogens with zero attached hydrogens (tertiary/aromatic N) is 4. The van der Waals surface area contributed by atoms with Gasteiger partial charge in [0, 0.05) is 15.0 Å². The largest absolute Gasteiger partial charge is 0.402 e. The average molecular weight is 421 g/mol. The maximum atomic E-state index is 12.3. The number of sulfone groups is 1. The van der Waals surface area contributed by atoms with Crippen LogP contribution in [-0.2, 0) is 9.84 Å². The number of hydrogen-bond donors (Lipinski definition) is 2. The first-order chi connectivity index (χ1) is 13.8. The number of aryl methyl sites for hydroxylation is 1. The smallest absolute Gasteiger partial charge is 0.315 e. The van der Waals surface area contributed by atoms with Crippen LogP contribution >= 0.6 is 0 Å². The van der Waals surface area contributed by atoms with E-state index in [4.69, 9.17) is 10.2 Å². The van der Waals surface area contributed by atoms with Crippen molar-refractivity contribution >= 4 is 15.9 Å². The summed E-state index contributed by atoms with van der Waals surface area (Å²) < 4.78 is 30.2. The van der Waals surface area contributed by atoms with Gasteiger partial charge in [0.2, 0.25) is 0 Å². The first-order valence-corrected chi connectivity index (χ1v) is 10.8. The minimum absolute atomic E-state index is 0. The predicted octanol–water partition coefficient (Wildman–Crippen LogP) is 2.94. The van der Waals surface area contributed by atoms with Crippen molar-refractivity contribution in [3.8, 4) is 22.8 Å². The molecule has 0 saturated carbocycles. The minimum atomic E-state index is -3.32. The summed E-state index contributed by atoms with van der Waals surface area (Å²) in [6.07, 6.45) is 2.41. The Kier molecular flexibility index (Phi) is 6.23. The van der Waals surface area contributed by atoms with Crippen LogP contribution in [0.3, 0.4) is 0 Å². The monoisotopic (exact) mass is 420 g/mol. The fourth-order valence-electron chi connectivity index (χ4n) is 2.57. The van der Waals surface area contributed by atoms with Gasteiger partial charge in [0.25, 0.3) is 5.89 Å². The molecule has 0 atom stereocenters. The van der Waals surface area contributed by atoms with Crippen LogP contribution in [0.5, 0.6) is 0 Å². The fraction of sp³-hybridized carbons (Fsp3) is 0.368. The van der Waals surface area contributed by atoms with Crippen LogP contribution in [0.15, 0.2) is 39.8 Å². The van der Waals surface area contributed by atoms with E-state index >= 15 is 0 Å². The molecule has 0 radical (unpaired) electrons. The van der Waals surface area contributed by atoms with Gasteiger partial charge >= 0.3 is 6.01 Å². The Balaban J connectivity index is 0.00000240. The SMILES string of the molecule is Cc1ncc(-c2ccc(S(=O)(=O)C(C)C)cc2)nc1-c1nnc(NCCCN)o1.[HH].[HH]. The molecule has 0 aliphatic heterocycles. The van der Waals surface area contributed by atoms with Crippen molar-refractivity contribution in [2.45, 2.75) is 37.3 Å². The van der Waals surface area contributed by atoms with Gasteiger partial charge in [-0.05, 0) is 45.9 Å². The molecule has 9 nitrogen and oxygen atoms in total. The second-order valence-corrected chi connectivity index (χ2v) is 9.29. The van der Waals surface area contributed by atoms with Crippen LogP contribution in [0.1, 0.15) is 28.8 Å². The lowest BCUT2D eigenvalue weighted by Gasteiger charge is -2.09. The standard InChI is InChI=1S/C19H24N6O3S.2H2/c1-12(2)29(26,27)15-7-5-14(6-8-15)16-11-22-13(3)17(23-16)18-24-25-19(28-18)21-10-4-9-20;;/h5-8,11-12H,4,9-10,20H2,1-3H3,(H,21,25);2*1H. The second kappa shape index (κ2) is 8.66. The molecule has 0 aliphatic carbocycles. The lowest BCUT2D eigenvalue weighted by Crippen LogP contribution is -2.13. The summed E-state index contributed by atoms with van der Waals surface area (Å²) in [7, 11) is -3.32. The highest BCUT2D eigenvalue weighted by molar-refractivity contribution is 7.92. The third-order valence-electron chi connectivity index (χ3n) is 4.34. The highest BCUT2D eigenvalue weighted by Crippen LogP contribution is 2.26. The molecule has 3 rings (SSSR count). The van der Waals surface area contributed by atoms with Gasteiger partial charge in [-0.25, -0.2) is 13.4 Å². The van der Waals surface area contributed by atoms with Gasteiger partial charge in [-0.15, -0.1) is 5.10 Å². The maximum absolute atomic E-state index is 12.3. The van der Waals surface area contributed by atoms with Gasteiger partial charge in [0.15, 0.2) is 9.84 Å². The third-order valence-corrected chi connectivity index (χ3v) is 6.51. The zero-order valence-electron chi connectivity index (χ0n) is 16.6. The molecule has 0 unspecified atom stereocenters. The van der Waals surface area contributed by atoms with Gasteiger partial charge in [0.1, 0.15) is 5.69 Å². The average Bonchev–Trinajstić information content (AvgIpc) is 3.17. The van der Waals surface area contributed by atoms with Crippen molar-refractivity contribution in [2.24, 2.45) is 5.73 Å². The van der Waals surface area contributed by atoms with Crippen LogP contribution in [0.2, 0.25) is 0 Å². The van der Waals surface area contributed by atoms with Crippen LogP contribution in [0.25, 0.3) is 22.8 Å². The number of nitrogens with one attached hydrogen (secondary N) is 1. The Labute approximate surface area is 172 Å². The lowest BCUT2D eigenvalue weighted by molar-refractivity contribution is 0.576. The Morgan fingerprint density at radius 1 is 1.21 bits per heavy atom. The molecule has 3 N–H and O–H groups in total. The molecule has 2 aromatic heterocycles. The topological polar surface area (TPSA) is 137 Å². The van der Waals surface area contributed by atoms with E-state index in [2.05, 4.69) is 25.5 Å². The van der Waals surface area contributed by atoms with Crippen molar-refractivity contribution < 1.29 is 15.7 Å². The van der Waals surface area contributed by atoms with E-state index in [0.717, 1.165) is 12.0 Å². The number of nitrogens with two attached hydrogens (primary N) is 1. The second-order valence-electron chi connectivity index (χ2n) is 6.79. The fourth-order valence-corrected chi connectivity index (χ4v) is 3.63. The number of anilines is 1. The Hall–Kier alpha value is -2.85. The van der Waals surface area contributed by atoms with Crippen LogP contribution in [0.4, 0.5) is 6.01 Å². The molecule has 0 saturated heterocycles. The predicted molar refractivity (Wildman–Crippen MR) is 114 cm³/mol. The van der Waals surface area contributed by atoms with Gasteiger partial charge < -0.3 is 15.5 Å². The minimum Gasteiger partial charge on any atom is -0.402 e. The van der Waals surface area contributed by atoms with E-state index in [1.807, 2.05) is 0 Å². The molecule has 10 heteroatoms. The Bertz CT molecular complexity index is 1090. The van der Waals surface area contributed by atoms with Crippen LogP contribution in [-0.4, -0.2) is 46.9 Å². The summed E-state index contributed by atoms with van der Waals surface area (Å²) in [5.74, 6) is 0.256. The van der Waals surface area contributed by atoms with Gasteiger partial charge in [-0.1, -0.05) is 17.2 Å². The molecule has 158 valence electrons. The van der Waals surface area contributed by atoms with Crippen molar-refractivity contribution in [3.63, 3.8) is 0 Å².